The molecule has 276 valence electrons. The second kappa shape index (κ2) is 14.6. The summed E-state index contributed by atoms with van der Waals surface area (Å²) in [4.78, 5) is 34.1. The number of halogens is 3. The van der Waals surface area contributed by atoms with Crippen molar-refractivity contribution in [2.24, 2.45) is 7.05 Å². The maximum atomic E-state index is 13.7. The summed E-state index contributed by atoms with van der Waals surface area (Å²) in [5.41, 5.74) is 2.63. The highest BCUT2D eigenvalue weighted by Gasteiger charge is 2.40. The number of hydrogen-bond donors (Lipinski definition) is 1. The number of nitrogens with zero attached hydrogens (tertiary/aromatic N) is 8. The summed E-state index contributed by atoms with van der Waals surface area (Å²) >= 11 is 0. The number of carbonyl (C=O) groups excluding carboxylic acids is 1. The fourth-order valence-electron chi connectivity index (χ4n) is 7.70. The van der Waals surface area contributed by atoms with Crippen LogP contribution in [0.5, 0.6) is 11.5 Å². The van der Waals surface area contributed by atoms with Gasteiger partial charge in [-0.1, -0.05) is 0 Å². The Bertz CT molecular complexity index is 1920. The summed E-state index contributed by atoms with van der Waals surface area (Å²) in [5, 5.41) is 7.27. The lowest BCUT2D eigenvalue weighted by Crippen LogP contribution is -2.34. The van der Waals surface area contributed by atoms with E-state index in [2.05, 4.69) is 25.2 Å². The van der Waals surface area contributed by atoms with Gasteiger partial charge in [0.25, 0.3) is 0 Å². The normalized spacial score (nSPS) is 18.3. The molecule has 0 aliphatic carbocycles. The smallest absolute Gasteiger partial charge is 0.435 e. The molecule has 2 saturated heterocycles. The van der Waals surface area contributed by atoms with Crippen LogP contribution in [0, 0.1) is 0 Å². The summed E-state index contributed by atoms with van der Waals surface area (Å²) in [5.74, 6) is 3.00. The Morgan fingerprint density at radius 3 is 2.40 bits per heavy atom. The summed E-state index contributed by atoms with van der Waals surface area (Å²) in [6.07, 6.45) is 2.54. The zero-order chi connectivity index (χ0) is 36.6. The van der Waals surface area contributed by atoms with E-state index in [1.54, 1.807) is 31.4 Å². The first-order valence-electron chi connectivity index (χ1n) is 17.8. The molecule has 4 aromatic rings. The molecule has 3 aromatic heterocycles. The van der Waals surface area contributed by atoms with Crippen LogP contribution in [0.25, 0.3) is 11.3 Å². The largest absolute Gasteiger partial charge is 0.497 e. The molecule has 0 spiro atoms. The number of anilines is 3. The summed E-state index contributed by atoms with van der Waals surface area (Å²) in [6, 6.07) is 8.58. The number of pyridine rings is 1. The molecule has 15 heteroatoms. The Morgan fingerprint density at radius 1 is 0.962 bits per heavy atom. The number of aromatic nitrogens is 5. The third-order valence-electron chi connectivity index (χ3n) is 10.5. The minimum atomic E-state index is -4.54. The molecule has 1 N–H and O–H groups in total. The number of piperidine rings is 1. The molecule has 3 aliphatic rings. The van der Waals surface area contributed by atoms with Crippen LogP contribution in [0.4, 0.5) is 30.6 Å². The summed E-state index contributed by atoms with van der Waals surface area (Å²) < 4.78 is 52.8. The summed E-state index contributed by atoms with van der Waals surface area (Å²) in [6.45, 7) is 7.32. The van der Waals surface area contributed by atoms with E-state index in [9.17, 15) is 18.0 Å². The predicted molar refractivity (Wildman–Crippen MR) is 191 cm³/mol. The average molecular weight is 720 g/mol. The zero-order valence-electron chi connectivity index (χ0n) is 29.9. The minimum Gasteiger partial charge on any atom is -0.497 e. The average Bonchev–Trinajstić information content (AvgIpc) is 3.88. The van der Waals surface area contributed by atoms with E-state index in [0.717, 1.165) is 73.4 Å². The second-order valence-electron chi connectivity index (χ2n) is 13.7. The van der Waals surface area contributed by atoms with Gasteiger partial charge in [-0.2, -0.15) is 18.3 Å². The van der Waals surface area contributed by atoms with Gasteiger partial charge in [-0.25, -0.2) is 15.0 Å². The molecule has 1 atom stereocenters. The Hall–Kier alpha value is -4.92. The minimum absolute atomic E-state index is 0.0547. The Kier molecular flexibility index (Phi) is 9.96. The van der Waals surface area contributed by atoms with Gasteiger partial charge in [0.05, 0.1) is 32.4 Å². The molecule has 1 aromatic carbocycles. The molecule has 0 saturated carbocycles. The standard InChI is InChI=1S/C37H44F3N9O3/c1-23-32-34(43-22-44-35(32)49(36(23)50)21-25-7-8-27(51-3)18-30(25)52-4)48-14-9-24(10-15-48)28-17-26(29-19-31(37(38,39)40)45-46(29)2)20-42-33(28)41-11-16-47-12-5-6-13-47/h7-8,17-20,22-24H,5-6,9-16,21H2,1-4H3,(H,41,42). The van der Waals surface area contributed by atoms with Crippen molar-refractivity contribution in [3.8, 4) is 22.8 Å². The number of alkyl halides is 3. The van der Waals surface area contributed by atoms with E-state index < -0.39 is 17.8 Å². The highest BCUT2D eigenvalue weighted by molar-refractivity contribution is 6.05. The highest BCUT2D eigenvalue weighted by Crippen LogP contribution is 2.44. The van der Waals surface area contributed by atoms with E-state index in [-0.39, 0.29) is 11.8 Å². The topological polar surface area (TPSA) is 114 Å². The molecular formula is C37H44F3N9O3. The van der Waals surface area contributed by atoms with Crippen molar-refractivity contribution >= 4 is 23.4 Å². The number of nitrogens with one attached hydrogen (secondary N) is 1. The van der Waals surface area contributed by atoms with Crippen molar-refractivity contribution in [3.05, 3.63) is 65.2 Å². The van der Waals surface area contributed by atoms with Crippen molar-refractivity contribution < 1.29 is 27.4 Å². The van der Waals surface area contributed by atoms with Gasteiger partial charge in [0.15, 0.2) is 5.69 Å². The number of hydrogen-bond acceptors (Lipinski definition) is 10. The predicted octanol–water partition coefficient (Wildman–Crippen LogP) is 5.85. The van der Waals surface area contributed by atoms with Gasteiger partial charge in [-0.3, -0.25) is 14.4 Å². The van der Waals surface area contributed by atoms with Gasteiger partial charge >= 0.3 is 6.18 Å². The van der Waals surface area contributed by atoms with Gasteiger partial charge in [0.2, 0.25) is 5.91 Å². The SMILES string of the molecule is COc1ccc(CN2C(=O)C(C)c3c(N4CCC(c5cc(-c6cc(C(F)(F)F)nn6C)cnc5NCCN5CCCC5)CC4)ncnc32)c(OC)c1. The number of fused-ring (bicyclic) bond motifs is 1. The van der Waals surface area contributed by atoms with Crippen molar-refractivity contribution in [1.82, 2.24) is 29.6 Å². The van der Waals surface area contributed by atoms with Crippen LogP contribution in [-0.2, 0) is 24.6 Å². The van der Waals surface area contributed by atoms with Crippen LogP contribution in [-0.4, -0.2) is 89.0 Å². The lowest BCUT2D eigenvalue weighted by molar-refractivity contribution is -0.141. The lowest BCUT2D eigenvalue weighted by Gasteiger charge is -2.34. The number of ether oxygens (including phenoxy) is 2. The third-order valence-corrected chi connectivity index (χ3v) is 10.5. The molecule has 7 rings (SSSR count). The van der Waals surface area contributed by atoms with Gasteiger partial charge in [-0.05, 0) is 81.4 Å². The van der Waals surface area contributed by atoms with E-state index in [0.29, 0.717) is 48.2 Å². The fraction of sp³-hybridized carbons (Fsp3) is 0.486. The fourth-order valence-corrected chi connectivity index (χ4v) is 7.70. The molecule has 6 heterocycles. The van der Waals surface area contributed by atoms with Crippen molar-refractivity contribution in [2.75, 3.05) is 68.6 Å². The molecule has 2 fully saturated rings. The second-order valence-corrected chi connectivity index (χ2v) is 13.7. The van der Waals surface area contributed by atoms with Crippen LogP contribution in [0.2, 0.25) is 0 Å². The Balaban J connectivity index is 1.12. The van der Waals surface area contributed by atoms with Crippen molar-refractivity contribution in [3.63, 3.8) is 0 Å². The van der Waals surface area contributed by atoms with E-state index >= 15 is 0 Å². The Labute approximate surface area is 300 Å². The first kappa shape index (κ1) is 35.5. The monoisotopic (exact) mass is 719 g/mol. The molecule has 0 bridgehead atoms. The van der Waals surface area contributed by atoms with Crippen LogP contribution >= 0.6 is 0 Å². The number of methoxy groups -OCH3 is 2. The third kappa shape index (κ3) is 6.97. The summed E-state index contributed by atoms with van der Waals surface area (Å²) in [7, 11) is 4.70. The van der Waals surface area contributed by atoms with Gasteiger partial charge in [0, 0.05) is 62.2 Å². The maximum Gasteiger partial charge on any atom is 0.435 e. The van der Waals surface area contributed by atoms with Gasteiger partial charge in [-0.15, -0.1) is 0 Å². The lowest BCUT2D eigenvalue weighted by atomic mass is 9.88. The first-order valence-corrected chi connectivity index (χ1v) is 17.8. The van der Waals surface area contributed by atoms with Crippen LogP contribution in [0.1, 0.15) is 66.8 Å². The molecule has 12 nitrogen and oxygen atoms in total. The molecule has 1 unspecified atom stereocenters. The molecule has 1 amide bonds. The Morgan fingerprint density at radius 2 is 1.71 bits per heavy atom. The first-order chi connectivity index (χ1) is 25.0. The number of carbonyl (C=O) groups is 1. The van der Waals surface area contributed by atoms with Crippen molar-refractivity contribution in [1.29, 1.82) is 0 Å². The van der Waals surface area contributed by atoms with Crippen LogP contribution in [0.15, 0.2) is 42.9 Å². The zero-order valence-corrected chi connectivity index (χ0v) is 29.9. The van der Waals surface area contributed by atoms with E-state index in [1.165, 1.54) is 30.9 Å². The molecular weight excluding hydrogens is 675 g/mol. The quantitative estimate of drug-likeness (QED) is 0.203. The van der Waals surface area contributed by atoms with Crippen LogP contribution in [0.3, 0.4) is 0 Å². The van der Waals surface area contributed by atoms with Gasteiger partial charge < -0.3 is 24.6 Å². The van der Waals surface area contributed by atoms with E-state index in [4.69, 9.17) is 19.4 Å². The van der Waals surface area contributed by atoms with Crippen molar-refractivity contribution in [2.45, 2.75) is 57.2 Å². The van der Waals surface area contributed by atoms with Gasteiger partial charge in [0.1, 0.15) is 35.3 Å². The number of amides is 1. The molecule has 3 aliphatic heterocycles. The number of benzene rings is 1. The number of rotatable bonds is 11. The van der Waals surface area contributed by atoms with E-state index in [1.807, 2.05) is 25.1 Å². The number of likely N-dealkylation sites (tertiary alicyclic amines) is 1. The maximum absolute atomic E-state index is 13.7. The molecule has 0 radical (unpaired) electrons. The highest BCUT2D eigenvalue weighted by atomic mass is 19.4. The van der Waals surface area contributed by atoms with Crippen LogP contribution < -0.4 is 24.6 Å². The number of aryl methyl sites for hydroxylation is 1. The molecule has 52 heavy (non-hydrogen) atoms.